The van der Waals surface area contributed by atoms with Gasteiger partial charge in [0.15, 0.2) is 5.12 Å². The molecule has 1 aliphatic heterocycles. The monoisotopic (exact) mass is 381 g/mol. The Bertz CT molecular complexity index is 693. The summed E-state index contributed by atoms with van der Waals surface area (Å²) in [6, 6.07) is 0. The molecule has 1 aliphatic carbocycles. The van der Waals surface area contributed by atoms with Crippen LogP contribution in [-0.4, -0.2) is 41.9 Å². The molecule has 0 unspecified atom stereocenters. The number of carbonyl (C=O) groups excluding carboxylic acids is 1. The van der Waals surface area contributed by atoms with E-state index in [1.165, 1.54) is 6.92 Å². The van der Waals surface area contributed by atoms with Crippen molar-refractivity contribution in [3.63, 3.8) is 0 Å². The molecule has 0 saturated heterocycles. The average molecular weight is 381 g/mol. The van der Waals surface area contributed by atoms with Crippen LogP contribution in [0.5, 0.6) is 0 Å². The number of thioether (sulfide) groups is 1. The third-order valence-electron chi connectivity index (χ3n) is 3.63. The Morgan fingerprint density at radius 1 is 1.30 bits per heavy atom. The molecular formula is C12H17NO7P2S. The predicted molar refractivity (Wildman–Crippen MR) is 86.8 cm³/mol. The van der Waals surface area contributed by atoms with Gasteiger partial charge in [0.25, 0.3) is 0 Å². The summed E-state index contributed by atoms with van der Waals surface area (Å²) in [6.45, 7) is 1.73. The van der Waals surface area contributed by atoms with Crippen LogP contribution in [0.2, 0.25) is 0 Å². The van der Waals surface area contributed by atoms with Gasteiger partial charge in [-0.3, -0.25) is 13.9 Å². The van der Waals surface area contributed by atoms with Crippen LogP contribution in [0.15, 0.2) is 35.1 Å². The first kappa shape index (κ1) is 18.7. The van der Waals surface area contributed by atoms with Crippen molar-refractivity contribution in [2.24, 2.45) is 0 Å². The third-order valence-corrected chi connectivity index (χ3v) is 8.58. The summed E-state index contributed by atoms with van der Waals surface area (Å²) < 4.78 is 24.1. The number of hydrogen-bond donors (Lipinski definition) is 5. The summed E-state index contributed by atoms with van der Waals surface area (Å²) in [6.07, 6.45) is 4.18. The van der Waals surface area contributed by atoms with Gasteiger partial charge in [0, 0.05) is 24.9 Å². The molecule has 5 N–H and O–H groups in total. The van der Waals surface area contributed by atoms with E-state index in [4.69, 9.17) is 0 Å². The molecule has 0 bridgehead atoms. The van der Waals surface area contributed by atoms with Crippen LogP contribution >= 0.6 is 27.0 Å². The maximum absolute atomic E-state index is 12.1. The summed E-state index contributed by atoms with van der Waals surface area (Å²) in [5.74, 6) is 0.169. The van der Waals surface area contributed by atoms with E-state index in [1.54, 1.807) is 12.2 Å². The average Bonchev–Trinajstić information content (AvgIpc) is 2.74. The van der Waals surface area contributed by atoms with Gasteiger partial charge in [-0.15, -0.1) is 0 Å². The van der Waals surface area contributed by atoms with Gasteiger partial charge in [-0.2, -0.15) is 0 Å². The molecule has 23 heavy (non-hydrogen) atoms. The van der Waals surface area contributed by atoms with Gasteiger partial charge in [-0.1, -0.05) is 23.9 Å². The molecule has 8 nitrogen and oxygen atoms in total. The number of fused-ring (bicyclic) bond motifs is 1. The van der Waals surface area contributed by atoms with Gasteiger partial charge in [-0.05, 0) is 23.6 Å². The van der Waals surface area contributed by atoms with Crippen LogP contribution < -0.4 is 5.32 Å². The van der Waals surface area contributed by atoms with Crippen molar-refractivity contribution >= 4 is 32.1 Å². The number of hydrogen-bond acceptors (Lipinski definition) is 5. The van der Waals surface area contributed by atoms with Crippen molar-refractivity contribution in [2.75, 3.05) is 12.3 Å². The van der Waals surface area contributed by atoms with E-state index in [1.807, 2.05) is 0 Å². The largest absolute Gasteiger partial charge is 0.381 e. The molecule has 128 valence electrons. The minimum atomic E-state index is -5.22. The highest BCUT2D eigenvalue weighted by Crippen LogP contribution is 2.75. The zero-order chi connectivity index (χ0) is 17.5. The summed E-state index contributed by atoms with van der Waals surface area (Å²) >= 11 is 0.932. The molecule has 0 saturated carbocycles. The maximum atomic E-state index is 12.1. The molecule has 0 amide bonds. The van der Waals surface area contributed by atoms with Crippen LogP contribution in [-0.2, 0) is 13.9 Å². The Morgan fingerprint density at radius 3 is 2.43 bits per heavy atom. The van der Waals surface area contributed by atoms with E-state index in [0.717, 1.165) is 17.8 Å². The fourth-order valence-electron chi connectivity index (χ4n) is 2.72. The number of rotatable bonds is 5. The Labute approximate surface area is 137 Å². The van der Waals surface area contributed by atoms with Crippen molar-refractivity contribution in [2.45, 2.75) is 18.2 Å². The van der Waals surface area contributed by atoms with Crippen LogP contribution in [0, 0.1) is 0 Å². The van der Waals surface area contributed by atoms with E-state index in [-0.39, 0.29) is 22.9 Å². The minimum absolute atomic E-state index is 0.0311. The standard InChI is InChI=1S/C12H17NO7P2S/c1-8(14)23-6-4-10-11-9(3-2-5-13-11)7-12(10,21(15,16)17)22(18,19)20/h2-3,7,13H,4-6H2,1H3,(H2,15,16,17)(H2,18,19,20). The van der Waals surface area contributed by atoms with Crippen molar-refractivity contribution in [3.8, 4) is 0 Å². The summed E-state index contributed by atoms with van der Waals surface area (Å²) in [4.78, 5) is 47.4. The normalized spacial score (nSPS) is 20.1. The lowest BCUT2D eigenvalue weighted by Gasteiger charge is -2.32. The Hall–Kier alpha value is -0.660. The topological polar surface area (TPSA) is 144 Å². The molecule has 0 spiro atoms. The van der Waals surface area contributed by atoms with Gasteiger partial charge >= 0.3 is 15.2 Å². The lowest BCUT2D eigenvalue weighted by atomic mass is 10.1. The Kier molecular flexibility index (Phi) is 5.14. The molecule has 0 fully saturated rings. The van der Waals surface area contributed by atoms with E-state index < -0.39 is 20.1 Å². The molecule has 0 aromatic carbocycles. The van der Waals surface area contributed by atoms with Gasteiger partial charge in [0.2, 0.25) is 4.90 Å². The molecule has 11 heteroatoms. The minimum Gasteiger partial charge on any atom is -0.381 e. The molecule has 0 atom stereocenters. The van der Waals surface area contributed by atoms with Crippen molar-refractivity contribution in [1.82, 2.24) is 5.32 Å². The van der Waals surface area contributed by atoms with E-state index in [2.05, 4.69) is 5.32 Å². The summed E-state index contributed by atoms with van der Waals surface area (Å²) in [7, 11) is -10.4. The van der Waals surface area contributed by atoms with E-state index >= 15 is 0 Å². The van der Waals surface area contributed by atoms with Crippen molar-refractivity contribution in [3.05, 3.63) is 35.1 Å². The van der Waals surface area contributed by atoms with Gasteiger partial charge in [0.05, 0.1) is 0 Å². The highest BCUT2D eigenvalue weighted by Gasteiger charge is 2.64. The van der Waals surface area contributed by atoms with Gasteiger partial charge in [-0.25, -0.2) is 0 Å². The lowest BCUT2D eigenvalue weighted by Crippen LogP contribution is -2.29. The molecular weight excluding hydrogens is 364 g/mol. The van der Waals surface area contributed by atoms with Gasteiger partial charge in [0.1, 0.15) is 0 Å². The van der Waals surface area contributed by atoms with E-state index in [9.17, 15) is 33.5 Å². The molecule has 0 aromatic rings. The SMILES string of the molecule is CC(=O)SCCC1=C2NCC=CC2=CC1(P(=O)(O)O)P(=O)(O)O. The van der Waals surface area contributed by atoms with Crippen LogP contribution in [0.4, 0.5) is 0 Å². The molecule has 0 radical (unpaired) electrons. The first-order valence-corrected chi connectivity index (χ1v) is 10.8. The van der Waals surface area contributed by atoms with Gasteiger partial charge < -0.3 is 24.9 Å². The predicted octanol–water partition coefficient (Wildman–Crippen LogP) is 1.06. The number of allylic oxidation sites excluding steroid dienone is 3. The number of carbonyl (C=O) groups is 1. The smallest absolute Gasteiger partial charge is 0.351 e. The summed E-state index contributed by atoms with van der Waals surface area (Å²) in [5, 5.41) is 2.73. The Balaban J connectivity index is 2.59. The number of nitrogens with one attached hydrogen (secondary N) is 1. The molecule has 2 rings (SSSR count). The maximum Gasteiger partial charge on any atom is 0.351 e. The van der Waals surface area contributed by atoms with E-state index in [0.29, 0.717) is 17.8 Å². The lowest BCUT2D eigenvalue weighted by molar-refractivity contribution is -0.109. The van der Waals surface area contributed by atoms with Crippen molar-refractivity contribution < 1.29 is 33.5 Å². The zero-order valence-corrected chi connectivity index (χ0v) is 14.8. The first-order chi connectivity index (χ1) is 10.5. The third kappa shape index (κ3) is 3.28. The first-order valence-electron chi connectivity index (χ1n) is 6.62. The summed E-state index contributed by atoms with van der Waals surface area (Å²) in [5.41, 5.74) is 0.612. The van der Waals surface area contributed by atoms with Crippen LogP contribution in [0.25, 0.3) is 0 Å². The fourth-order valence-corrected chi connectivity index (χ4v) is 6.43. The van der Waals surface area contributed by atoms with Crippen LogP contribution in [0.3, 0.4) is 0 Å². The zero-order valence-electron chi connectivity index (χ0n) is 12.2. The second kappa shape index (κ2) is 6.33. The molecule has 0 aromatic heterocycles. The highest BCUT2D eigenvalue weighted by molar-refractivity contribution is 8.13. The quantitative estimate of drug-likeness (QED) is 0.442. The second-order valence-corrected chi connectivity index (χ2v) is 10.4. The molecule has 2 aliphatic rings. The van der Waals surface area contributed by atoms with Crippen molar-refractivity contribution in [1.29, 1.82) is 0 Å². The Morgan fingerprint density at radius 2 is 1.91 bits per heavy atom. The fraction of sp³-hybridized carbons (Fsp3) is 0.417. The highest BCUT2D eigenvalue weighted by atomic mass is 32.2. The second-order valence-electron chi connectivity index (χ2n) is 5.14. The molecule has 1 heterocycles. The van der Waals surface area contributed by atoms with Crippen LogP contribution in [0.1, 0.15) is 13.3 Å².